The Kier molecular flexibility index (Phi) is 1.82. The maximum Gasteiger partial charge on any atom is 0.168 e. The highest BCUT2D eigenvalue weighted by Crippen LogP contribution is 2.55. The van der Waals surface area contributed by atoms with Gasteiger partial charge in [0.25, 0.3) is 0 Å². The van der Waals surface area contributed by atoms with Crippen LogP contribution in [-0.4, -0.2) is 11.6 Å². The fourth-order valence-electron chi connectivity index (χ4n) is 4.18. The SMILES string of the molecule is CC1=CC2CC1C1C(=O)c3ccccc3C(=O)C21. The molecule has 18 heavy (non-hydrogen) atoms. The van der Waals surface area contributed by atoms with E-state index in [0.717, 1.165) is 6.42 Å². The summed E-state index contributed by atoms with van der Waals surface area (Å²) in [7, 11) is 0. The molecule has 2 nitrogen and oxygen atoms in total. The Bertz CT molecular complexity index is 611. The van der Waals surface area contributed by atoms with Crippen LogP contribution in [0.1, 0.15) is 34.1 Å². The van der Waals surface area contributed by atoms with Gasteiger partial charge in [0.2, 0.25) is 0 Å². The number of fused-ring (bicyclic) bond motifs is 6. The Balaban J connectivity index is 1.92. The van der Waals surface area contributed by atoms with Crippen LogP contribution < -0.4 is 0 Å². The molecule has 0 heterocycles. The molecule has 2 bridgehead atoms. The fraction of sp³-hybridized carbons (Fsp3) is 0.375. The zero-order valence-corrected chi connectivity index (χ0v) is 10.2. The van der Waals surface area contributed by atoms with Gasteiger partial charge in [-0.1, -0.05) is 35.9 Å². The van der Waals surface area contributed by atoms with E-state index in [1.807, 2.05) is 12.1 Å². The number of hydrogen-bond acceptors (Lipinski definition) is 2. The zero-order valence-electron chi connectivity index (χ0n) is 10.2. The van der Waals surface area contributed by atoms with Crippen molar-refractivity contribution in [1.29, 1.82) is 0 Å². The minimum atomic E-state index is -0.0823. The molecule has 4 rings (SSSR count). The van der Waals surface area contributed by atoms with Gasteiger partial charge in [-0.2, -0.15) is 0 Å². The first-order valence-electron chi connectivity index (χ1n) is 6.54. The molecule has 3 aliphatic carbocycles. The van der Waals surface area contributed by atoms with Gasteiger partial charge < -0.3 is 0 Å². The predicted octanol–water partition coefficient (Wildman–Crippen LogP) is 2.89. The lowest BCUT2D eigenvalue weighted by Crippen LogP contribution is -2.39. The third-order valence-corrected chi connectivity index (χ3v) is 4.93. The van der Waals surface area contributed by atoms with Gasteiger partial charge in [-0.05, 0) is 25.2 Å². The summed E-state index contributed by atoms with van der Waals surface area (Å²) in [6.07, 6.45) is 3.21. The molecule has 0 amide bonds. The van der Waals surface area contributed by atoms with E-state index < -0.39 is 0 Å². The summed E-state index contributed by atoms with van der Waals surface area (Å²) in [5.74, 6) is 0.819. The summed E-state index contributed by atoms with van der Waals surface area (Å²) < 4.78 is 0. The second-order valence-corrected chi connectivity index (χ2v) is 5.74. The lowest BCUT2D eigenvalue weighted by atomic mass is 9.68. The average Bonchev–Trinajstić information content (AvgIpc) is 2.92. The number of rotatable bonds is 0. The second-order valence-electron chi connectivity index (χ2n) is 5.74. The average molecular weight is 238 g/mol. The molecular weight excluding hydrogens is 224 g/mol. The van der Waals surface area contributed by atoms with Crippen LogP contribution in [0.5, 0.6) is 0 Å². The first-order chi connectivity index (χ1) is 8.68. The number of hydrogen-bond donors (Lipinski definition) is 0. The monoisotopic (exact) mass is 238 g/mol. The van der Waals surface area contributed by atoms with Crippen LogP contribution in [-0.2, 0) is 0 Å². The molecular formula is C16H14O2. The summed E-state index contributed by atoms with van der Waals surface area (Å²) in [5, 5.41) is 0. The van der Waals surface area contributed by atoms with Gasteiger partial charge in [0.15, 0.2) is 11.6 Å². The van der Waals surface area contributed by atoms with Crippen molar-refractivity contribution in [2.24, 2.45) is 23.7 Å². The number of allylic oxidation sites excluding steroid dienone is 2. The van der Waals surface area contributed by atoms with Crippen LogP contribution in [0.3, 0.4) is 0 Å². The maximum absolute atomic E-state index is 12.6. The van der Waals surface area contributed by atoms with Crippen LogP contribution in [0, 0.1) is 23.7 Å². The molecule has 0 aliphatic heterocycles. The molecule has 4 atom stereocenters. The van der Waals surface area contributed by atoms with E-state index in [9.17, 15) is 9.59 Å². The van der Waals surface area contributed by atoms with Crippen molar-refractivity contribution < 1.29 is 9.59 Å². The molecule has 0 radical (unpaired) electrons. The molecule has 0 spiro atoms. The molecule has 1 aromatic rings. The van der Waals surface area contributed by atoms with Crippen molar-refractivity contribution in [3.05, 3.63) is 47.0 Å². The van der Waals surface area contributed by atoms with Crippen molar-refractivity contribution in [3.8, 4) is 0 Å². The highest BCUT2D eigenvalue weighted by Gasteiger charge is 2.56. The van der Waals surface area contributed by atoms with Crippen LogP contribution in [0.15, 0.2) is 35.9 Å². The number of carbonyl (C=O) groups excluding carboxylic acids is 2. The number of Topliss-reactive ketones (excluding diaryl/α,β-unsaturated/α-hetero) is 2. The zero-order chi connectivity index (χ0) is 12.4. The number of carbonyl (C=O) groups is 2. The Labute approximate surface area is 106 Å². The van der Waals surface area contributed by atoms with E-state index in [2.05, 4.69) is 13.0 Å². The van der Waals surface area contributed by atoms with Crippen molar-refractivity contribution in [3.63, 3.8) is 0 Å². The van der Waals surface area contributed by atoms with Crippen LogP contribution in [0.25, 0.3) is 0 Å². The number of benzene rings is 1. The largest absolute Gasteiger partial charge is 0.294 e. The lowest BCUT2D eigenvalue weighted by molar-refractivity contribution is 0.0716. The predicted molar refractivity (Wildman–Crippen MR) is 67.4 cm³/mol. The standard InChI is InChI=1S/C16H14O2/c1-8-6-9-7-12(8)14-13(9)15(17)10-4-2-3-5-11(10)16(14)18/h2-6,9,12-14H,7H2,1H3. The minimum absolute atomic E-state index is 0.0811. The molecule has 3 aliphatic rings. The van der Waals surface area contributed by atoms with Gasteiger partial charge in [0.1, 0.15) is 0 Å². The van der Waals surface area contributed by atoms with E-state index in [0.29, 0.717) is 23.0 Å². The quantitative estimate of drug-likeness (QED) is 0.651. The smallest absolute Gasteiger partial charge is 0.168 e. The van der Waals surface area contributed by atoms with Crippen molar-refractivity contribution in [2.45, 2.75) is 13.3 Å². The molecule has 1 saturated carbocycles. The summed E-state index contributed by atoms with van der Waals surface area (Å²) in [5.41, 5.74) is 2.59. The van der Waals surface area contributed by atoms with Crippen molar-refractivity contribution in [2.75, 3.05) is 0 Å². The second kappa shape index (κ2) is 3.19. The maximum atomic E-state index is 12.6. The van der Waals surface area contributed by atoms with E-state index in [1.165, 1.54) is 5.57 Å². The third kappa shape index (κ3) is 1.04. The van der Waals surface area contributed by atoms with Crippen molar-refractivity contribution in [1.82, 2.24) is 0 Å². The molecule has 0 saturated heterocycles. The van der Waals surface area contributed by atoms with Crippen LogP contribution in [0.2, 0.25) is 0 Å². The van der Waals surface area contributed by atoms with E-state index in [-0.39, 0.29) is 23.4 Å². The topological polar surface area (TPSA) is 34.1 Å². The van der Waals surface area contributed by atoms with Gasteiger partial charge in [-0.25, -0.2) is 0 Å². The van der Waals surface area contributed by atoms with Gasteiger partial charge in [-0.15, -0.1) is 0 Å². The Morgan fingerprint density at radius 2 is 1.61 bits per heavy atom. The lowest BCUT2D eigenvalue weighted by Gasteiger charge is -2.32. The summed E-state index contributed by atoms with van der Waals surface area (Å²) in [6, 6.07) is 7.30. The van der Waals surface area contributed by atoms with Crippen LogP contribution in [0.4, 0.5) is 0 Å². The molecule has 0 N–H and O–H groups in total. The van der Waals surface area contributed by atoms with Gasteiger partial charge >= 0.3 is 0 Å². The van der Waals surface area contributed by atoms with Gasteiger partial charge in [0, 0.05) is 23.0 Å². The Morgan fingerprint density at radius 3 is 2.28 bits per heavy atom. The van der Waals surface area contributed by atoms with Crippen molar-refractivity contribution >= 4 is 11.6 Å². The minimum Gasteiger partial charge on any atom is -0.294 e. The molecule has 90 valence electrons. The molecule has 2 heteroatoms. The first kappa shape index (κ1) is 10.2. The van der Waals surface area contributed by atoms with Crippen LogP contribution >= 0.6 is 0 Å². The summed E-state index contributed by atoms with van der Waals surface area (Å²) in [4.78, 5) is 25.2. The normalized spacial score (nSPS) is 36.4. The molecule has 1 aromatic carbocycles. The van der Waals surface area contributed by atoms with E-state index in [1.54, 1.807) is 12.1 Å². The highest BCUT2D eigenvalue weighted by molar-refractivity contribution is 6.16. The Morgan fingerprint density at radius 1 is 1.00 bits per heavy atom. The Hall–Kier alpha value is -1.70. The fourth-order valence-corrected chi connectivity index (χ4v) is 4.18. The molecule has 0 aromatic heterocycles. The number of ketones is 2. The third-order valence-electron chi connectivity index (χ3n) is 4.93. The van der Waals surface area contributed by atoms with Gasteiger partial charge in [-0.3, -0.25) is 9.59 Å². The summed E-state index contributed by atoms with van der Waals surface area (Å²) in [6.45, 7) is 2.10. The summed E-state index contributed by atoms with van der Waals surface area (Å²) >= 11 is 0. The van der Waals surface area contributed by atoms with Gasteiger partial charge in [0.05, 0.1) is 0 Å². The van der Waals surface area contributed by atoms with E-state index in [4.69, 9.17) is 0 Å². The molecule has 1 fully saturated rings. The van der Waals surface area contributed by atoms with E-state index >= 15 is 0 Å². The molecule has 4 unspecified atom stereocenters. The first-order valence-corrected chi connectivity index (χ1v) is 6.54. The highest BCUT2D eigenvalue weighted by atomic mass is 16.1.